The van der Waals surface area contributed by atoms with Gasteiger partial charge in [0.25, 0.3) is 0 Å². The highest BCUT2D eigenvalue weighted by molar-refractivity contribution is 5.39. The van der Waals surface area contributed by atoms with Gasteiger partial charge in [-0.05, 0) is 42.4 Å². The first kappa shape index (κ1) is 13.1. The molecule has 0 bridgehead atoms. The van der Waals surface area contributed by atoms with Crippen molar-refractivity contribution in [2.75, 3.05) is 19.8 Å². The second-order valence-corrected chi connectivity index (χ2v) is 6.50. The van der Waals surface area contributed by atoms with Crippen molar-refractivity contribution in [3.8, 4) is 0 Å². The third kappa shape index (κ3) is 2.56. The molecule has 2 heteroatoms. The number of hydrogen-bond acceptors (Lipinski definition) is 2. The maximum atomic E-state index is 5.53. The van der Waals surface area contributed by atoms with Crippen LogP contribution >= 0.6 is 0 Å². The fourth-order valence-electron chi connectivity index (χ4n) is 3.18. The zero-order valence-electron chi connectivity index (χ0n) is 12.2. The van der Waals surface area contributed by atoms with Gasteiger partial charge in [-0.15, -0.1) is 0 Å². The fourth-order valence-corrected chi connectivity index (χ4v) is 3.18. The molecule has 104 valence electrons. The van der Waals surface area contributed by atoms with Gasteiger partial charge in [-0.1, -0.05) is 32.0 Å². The molecule has 1 aliphatic heterocycles. The van der Waals surface area contributed by atoms with Crippen LogP contribution in [0.2, 0.25) is 0 Å². The molecule has 2 nitrogen and oxygen atoms in total. The zero-order valence-corrected chi connectivity index (χ0v) is 12.2. The monoisotopic (exact) mass is 259 g/mol. The summed E-state index contributed by atoms with van der Waals surface area (Å²) in [6.45, 7) is 7.18. The van der Waals surface area contributed by atoms with Crippen LogP contribution in [0, 0.1) is 0 Å². The molecule has 0 spiro atoms. The number of aryl methyl sites for hydroxylation is 2. The number of nitrogens with one attached hydrogen (secondary N) is 1. The van der Waals surface area contributed by atoms with Crippen LogP contribution < -0.4 is 5.32 Å². The molecular weight excluding hydrogens is 234 g/mol. The first-order valence-corrected chi connectivity index (χ1v) is 7.63. The molecule has 1 saturated heterocycles. The van der Waals surface area contributed by atoms with Crippen molar-refractivity contribution in [1.82, 2.24) is 5.32 Å². The van der Waals surface area contributed by atoms with Crippen molar-refractivity contribution >= 4 is 0 Å². The summed E-state index contributed by atoms with van der Waals surface area (Å²) >= 11 is 0. The molecule has 1 aromatic carbocycles. The molecule has 1 N–H and O–H groups in total. The quantitative estimate of drug-likeness (QED) is 0.898. The second-order valence-electron chi connectivity index (χ2n) is 6.50. The lowest BCUT2D eigenvalue weighted by molar-refractivity contribution is -0.0597. The van der Waals surface area contributed by atoms with E-state index in [2.05, 4.69) is 37.4 Å². The van der Waals surface area contributed by atoms with Gasteiger partial charge in [0.2, 0.25) is 0 Å². The smallest absolute Gasteiger partial charge is 0.0598 e. The van der Waals surface area contributed by atoms with Gasteiger partial charge in [-0.3, -0.25) is 0 Å². The number of hydrogen-bond donors (Lipinski definition) is 1. The van der Waals surface area contributed by atoms with Gasteiger partial charge in [0.1, 0.15) is 0 Å². The van der Waals surface area contributed by atoms with Gasteiger partial charge in [0, 0.05) is 12.6 Å². The molecule has 0 radical (unpaired) electrons. The molecular formula is C17H25NO. The minimum atomic E-state index is 0.219. The summed E-state index contributed by atoms with van der Waals surface area (Å²) in [5.74, 6) is 0. The van der Waals surface area contributed by atoms with Crippen LogP contribution in [-0.4, -0.2) is 25.8 Å². The Hall–Kier alpha value is -0.860. The predicted octanol–water partition coefficient (Wildman–Crippen LogP) is 2.83. The van der Waals surface area contributed by atoms with Crippen molar-refractivity contribution in [2.24, 2.45) is 0 Å². The average molecular weight is 259 g/mol. The van der Waals surface area contributed by atoms with Crippen LogP contribution in [0.15, 0.2) is 18.2 Å². The summed E-state index contributed by atoms with van der Waals surface area (Å²) < 4.78 is 5.53. The van der Waals surface area contributed by atoms with Crippen LogP contribution in [0.4, 0.5) is 0 Å². The Morgan fingerprint density at radius 3 is 2.53 bits per heavy atom. The van der Waals surface area contributed by atoms with Gasteiger partial charge in [0.05, 0.1) is 18.6 Å². The lowest BCUT2D eigenvalue weighted by Crippen LogP contribution is -2.54. The normalized spacial score (nSPS) is 21.0. The Kier molecular flexibility index (Phi) is 3.64. The molecule has 19 heavy (non-hydrogen) atoms. The molecule has 2 aliphatic rings. The summed E-state index contributed by atoms with van der Waals surface area (Å²) in [5.41, 5.74) is 4.85. The van der Waals surface area contributed by atoms with Crippen LogP contribution in [0.3, 0.4) is 0 Å². The number of benzene rings is 1. The first-order chi connectivity index (χ1) is 9.20. The largest absolute Gasteiger partial charge is 0.379 e. The molecule has 0 unspecified atom stereocenters. The minimum Gasteiger partial charge on any atom is -0.379 e. The summed E-state index contributed by atoms with van der Waals surface area (Å²) in [4.78, 5) is 0. The summed E-state index contributed by atoms with van der Waals surface area (Å²) in [6.07, 6.45) is 5.24. The molecule has 1 heterocycles. The Bertz CT molecular complexity index is 449. The van der Waals surface area contributed by atoms with E-state index in [1.165, 1.54) is 31.2 Å². The molecule has 1 fully saturated rings. The van der Waals surface area contributed by atoms with Gasteiger partial charge >= 0.3 is 0 Å². The van der Waals surface area contributed by atoms with Crippen LogP contribution in [0.1, 0.15) is 43.4 Å². The highest BCUT2D eigenvalue weighted by Gasteiger charge is 2.40. The van der Waals surface area contributed by atoms with Crippen molar-refractivity contribution < 1.29 is 4.74 Å². The van der Waals surface area contributed by atoms with E-state index in [-0.39, 0.29) is 5.41 Å². The van der Waals surface area contributed by atoms with E-state index < -0.39 is 0 Å². The van der Waals surface area contributed by atoms with Gasteiger partial charge < -0.3 is 10.1 Å². The lowest BCUT2D eigenvalue weighted by atomic mass is 9.76. The molecule has 0 saturated carbocycles. The SMILES string of the molecule is CC(C)NCC1(c2ccc3c(c2)CCCC3)COC1. The Balaban J connectivity index is 1.83. The van der Waals surface area contributed by atoms with Crippen LogP contribution in [0.25, 0.3) is 0 Å². The maximum Gasteiger partial charge on any atom is 0.0598 e. The molecule has 1 aromatic rings. The lowest BCUT2D eigenvalue weighted by Gasteiger charge is -2.43. The Morgan fingerprint density at radius 2 is 1.89 bits per heavy atom. The molecule has 0 atom stereocenters. The van der Waals surface area contributed by atoms with Crippen LogP contribution in [-0.2, 0) is 23.0 Å². The van der Waals surface area contributed by atoms with Crippen molar-refractivity contribution in [3.05, 3.63) is 34.9 Å². The van der Waals surface area contributed by atoms with Crippen molar-refractivity contribution in [3.63, 3.8) is 0 Å². The van der Waals surface area contributed by atoms with Crippen molar-refractivity contribution in [2.45, 2.75) is 51.0 Å². The highest BCUT2D eigenvalue weighted by Crippen LogP contribution is 2.34. The maximum absolute atomic E-state index is 5.53. The molecule has 0 amide bonds. The number of ether oxygens (including phenoxy) is 1. The molecule has 1 aliphatic carbocycles. The van der Waals surface area contributed by atoms with Gasteiger partial charge in [0.15, 0.2) is 0 Å². The standard InChI is InChI=1S/C17H25NO/c1-13(2)18-10-17(11-19-12-17)16-8-7-14-5-3-4-6-15(14)9-16/h7-9,13,18H,3-6,10-12H2,1-2H3. The average Bonchev–Trinajstić information content (AvgIpc) is 2.37. The van der Waals surface area contributed by atoms with E-state index in [9.17, 15) is 0 Å². The minimum absolute atomic E-state index is 0.219. The van der Waals surface area contributed by atoms with E-state index in [4.69, 9.17) is 4.74 Å². The number of fused-ring (bicyclic) bond motifs is 1. The topological polar surface area (TPSA) is 21.3 Å². The third-order valence-corrected chi connectivity index (χ3v) is 4.57. The van der Waals surface area contributed by atoms with Gasteiger partial charge in [-0.25, -0.2) is 0 Å². The summed E-state index contributed by atoms with van der Waals surface area (Å²) in [6, 6.07) is 7.70. The second kappa shape index (κ2) is 5.26. The first-order valence-electron chi connectivity index (χ1n) is 7.63. The van der Waals surface area contributed by atoms with E-state index in [0.29, 0.717) is 6.04 Å². The predicted molar refractivity (Wildman–Crippen MR) is 78.7 cm³/mol. The van der Waals surface area contributed by atoms with Crippen molar-refractivity contribution in [1.29, 1.82) is 0 Å². The molecule has 3 rings (SSSR count). The third-order valence-electron chi connectivity index (χ3n) is 4.57. The van der Waals surface area contributed by atoms with E-state index in [1.807, 2.05) is 0 Å². The summed E-state index contributed by atoms with van der Waals surface area (Å²) in [7, 11) is 0. The van der Waals surface area contributed by atoms with E-state index in [0.717, 1.165) is 19.8 Å². The van der Waals surface area contributed by atoms with Gasteiger partial charge in [-0.2, -0.15) is 0 Å². The highest BCUT2D eigenvalue weighted by atomic mass is 16.5. The van der Waals surface area contributed by atoms with E-state index >= 15 is 0 Å². The Labute approximate surface area is 116 Å². The molecule has 0 aromatic heterocycles. The number of rotatable bonds is 4. The van der Waals surface area contributed by atoms with Crippen LogP contribution in [0.5, 0.6) is 0 Å². The fraction of sp³-hybridized carbons (Fsp3) is 0.647. The van der Waals surface area contributed by atoms with E-state index in [1.54, 1.807) is 11.1 Å². The zero-order chi connectivity index (χ0) is 13.3. The summed E-state index contributed by atoms with van der Waals surface area (Å²) in [5, 5.41) is 3.59. The Morgan fingerprint density at radius 1 is 1.16 bits per heavy atom.